The zero-order valence-electron chi connectivity index (χ0n) is 14.4. The van der Waals surface area contributed by atoms with Gasteiger partial charge in [0.15, 0.2) is 0 Å². The van der Waals surface area contributed by atoms with Crippen molar-refractivity contribution in [2.75, 3.05) is 19.8 Å². The molecule has 2 aromatic rings. The Morgan fingerprint density at radius 3 is 2.67 bits per heavy atom. The highest BCUT2D eigenvalue weighted by atomic mass is 35.5. The van der Waals surface area contributed by atoms with Crippen LogP contribution in [0.25, 0.3) is 11.3 Å². The van der Waals surface area contributed by atoms with Gasteiger partial charge in [-0.1, -0.05) is 37.1 Å². The quantitative estimate of drug-likeness (QED) is 0.549. The average molecular weight is 372 g/mol. The van der Waals surface area contributed by atoms with Crippen molar-refractivity contribution in [2.45, 2.75) is 39.7 Å². The molecule has 3 nitrogen and oxygen atoms in total. The second kappa shape index (κ2) is 11.5. The molecule has 1 heterocycles. The molecule has 0 aliphatic carbocycles. The Labute approximate surface area is 156 Å². The van der Waals surface area contributed by atoms with E-state index in [0.29, 0.717) is 0 Å². The van der Waals surface area contributed by atoms with Crippen LogP contribution in [0.2, 0.25) is 5.02 Å². The number of hydrogen-bond acceptors (Lipinski definition) is 3. The van der Waals surface area contributed by atoms with Crippen LogP contribution in [0.5, 0.6) is 0 Å². The van der Waals surface area contributed by atoms with E-state index < -0.39 is 0 Å². The Morgan fingerprint density at radius 1 is 1.12 bits per heavy atom. The molecule has 0 atom stereocenters. The van der Waals surface area contributed by atoms with E-state index in [4.69, 9.17) is 20.8 Å². The van der Waals surface area contributed by atoms with Gasteiger partial charge in [-0.15, -0.1) is 12.4 Å². The van der Waals surface area contributed by atoms with E-state index in [9.17, 15) is 0 Å². The molecule has 0 amide bonds. The Balaban J connectivity index is 0.00000288. The van der Waals surface area contributed by atoms with Crippen molar-refractivity contribution in [1.29, 1.82) is 0 Å². The number of ether oxygens (including phenoxy) is 1. The number of hydrogen-bond donors (Lipinski definition) is 1. The summed E-state index contributed by atoms with van der Waals surface area (Å²) in [6.07, 6.45) is 3.35. The second-order valence-electron chi connectivity index (χ2n) is 5.73. The van der Waals surface area contributed by atoms with E-state index in [2.05, 4.69) is 12.2 Å². The Hall–Kier alpha value is -1.000. The summed E-state index contributed by atoms with van der Waals surface area (Å²) in [6.45, 7) is 7.52. The normalized spacial score (nSPS) is 10.6. The van der Waals surface area contributed by atoms with Crippen molar-refractivity contribution in [2.24, 2.45) is 0 Å². The maximum Gasteiger partial charge on any atom is 0.134 e. The molecule has 0 spiro atoms. The van der Waals surface area contributed by atoms with Crippen LogP contribution in [0.3, 0.4) is 0 Å². The van der Waals surface area contributed by atoms with Crippen molar-refractivity contribution in [3.05, 3.63) is 46.7 Å². The number of unbranched alkanes of at least 4 members (excludes halogenated alkanes) is 1. The first-order chi connectivity index (χ1) is 11.2. The van der Waals surface area contributed by atoms with E-state index in [1.165, 1.54) is 6.42 Å². The molecule has 0 saturated carbocycles. The first-order valence-corrected chi connectivity index (χ1v) is 8.72. The molecule has 1 aromatic heterocycles. The summed E-state index contributed by atoms with van der Waals surface area (Å²) in [4.78, 5) is 0. The molecule has 0 saturated heterocycles. The highest BCUT2D eigenvalue weighted by Crippen LogP contribution is 2.26. The summed E-state index contributed by atoms with van der Waals surface area (Å²) in [5.41, 5.74) is 2.08. The van der Waals surface area contributed by atoms with Crippen LogP contribution in [0, 0.1) is 6.92 Å². The van der Waals surface area contributed by atoms with E-state index in [0.717, 1.165) is 66.8 Å². The number of nitrogens with one attached hydrogen (secondary N) is 1. The molecule has 1 N–H and O–H groups in total. The van der Waals surface area contributed by atoms with E-state index in [1.54, 1.807) is 0 Å². The minimum atomic E-state index is 0. The number of benzene rings is 1. The minimum Gasteiger partial charge on any atom is -0.460 e. The van der Waals surface area contributed by atoms with Gasteiger partial charge >= 0.3 is 0 Å². The Bertz CT molecular complexity index is 599. The summed E-state index contributed by atoms with van der Waals surface area (Å²) in [5, 5.41) is 4.14. The number of halogens is 2. The lowest BCUT2D eigenvalue weighted by atomic mass is 10.1. The smallest absolute Gasteiger partial charge is 0.134 e. The molecule has 0 fully saturated rings. The molecule has 0 unspecified atom stereocenters. The van der Waals surface area contributed by atoms with Crippen LogP contribution in [0.4, 0.5) is 0 Å². The lowest BCUT2D eigenvalue weighted by Crippen LogP contribution is -2.16. The van der Waals surface area contributed by atoms with Gasteiger partial charge in [0, 0.05) is 23.8 Å². The Morgan fingerprint density at radius 2 is 1.92 bits per heavy atom. The fraction of sp³-hybridized carbons (Fsp3) is 0.474. The predicted molar refractivity (Wildman–Crippen MR) is 103 cm³/mol. The number of aryl methyl sites for hydroxylation is 1. The zero-order chi connectivity index (χ0) is 16.5. The third kappa shape index (κ3) is 6.86. The molecule has 0 radical (unpaired) electrons. The van der Waals surface area contributed by atoms with Crippen LogP contribution < -0.4 is 5.32 Å². The van der Waals surface area contributed by atoms with Gasteiger partial charge < -0.3 is 14.5 Å². The lowest BCUT2D eigenvalue weighted by molar-refractivity contribution is 0.128. The molecule has 0 aliphatic heterocycles. The molecular weight excluding hydrogens is 345 g/mol. The van der Waals surface area contributed by atoms with Crippen molar-refractivity contribution < 1.29 is 9.15 Å². The monoisotopic (exact) mass is 371 g/mol. The first kappa shape index (κ1) is 21.0. The summed E-state index contributed by atoms with van der Waals surface area (Å²) < 4.78 is 11.4. The maximum atomic E-state index is 6.17. The number of furan rings is 1. The minimum absolute atomic E-state index is 0. The van der Waals surface area contributed by atoms with Gasteiger partial charge in [0.05, 0.1) is 6.54 Å². The summed E-state index contributed by atoms with van der Waals surface area (Å²) in [7, 11) is 0. The molecule has 0 bridgehead atoms. The van der Waals surface area contributed by atoms with Gasteiger partial charge in [-0.3, -0.25) is 0 Å². The molecule has 0 aliphatic rings. The second-order valence-corrected chi connectivity index (χ2v) is 6.13. The highest BCUT2D eigenvalue weighted by Gasteiger charge is 2.06. The van der Waals surface area contributed by atoms with Gasteiger partial charge in [-0.25, -0.2) is 0 Å². The van der Waals surface area contributed by atoms with Crippen LogP contribution in [0.15, 0.2) is 34.7 Å². The van der Waals surface area contributed by atoms with Crippen molar-refractivity contribution in [3.8, 4) is 11.3 Å². The topological polar surface area (TPSA) is 34.4 Å². The molecule has 24 heavy (non-hydrogen) atoms. The SMILES string of the molecule is CCCCOCCCNCc1ccc(-c2ccc(C)c(Cl)c2)o1.Cl. The molecule has 5 heteroatoms. The molecule has 134 valence electrons. The van der Waals surface area contributed by atoms with Crippen molar-refractivity contribution >= 4 is 24.0 Å². The lowest BCUT2D eigenvalue weighted by Gasteiger charge is -2.04. The van der Waals surface area contributed by atoms with Crippen LogP contribution in [-0.2, 0) is 11.3 Å². The van der Waals surface area contributed by atoms with Gasteiger partial charge in [0.1, 0.15) is 11.5 Å². The first-order valence-electron chi connectivity index (χ1n) is 8.34. The van der Waals surface area contributed by atoms with Gasteiger partial charge in [-0.05, 0) is 50.1 Å². The third-order valence-electron chi connectivity index (χ3n) is 3.70. The van der Waals surface area contributed by atoms with Crippen LogP contribution in [-0.4, -0.2) is 19.8 Å². The summed E-state index contributed by atoms with van der Waals surface area (Å²) in [5.74, 6) is 1.79. The van der Waals surface area contributed by atoms with Gasteiger partial charge in [-0.2, -0.15) is 0 Å². The molecular formula is C19H27Cl2NO2. The fourth-order valence-corrected chi connectivity index (χ4v) is 2.41. The van der Waals surface area contributed by atoms with E-state index in [-0.39, 0.29) is 12.4 Å². The standard InChI is InChI=1S/C19H26ClNO2.ClH/c1-3-4-11-22-12-5-10-21-14-17-8-9-19(23-17)16-7-6-15(2)18(20)13-16;/h6-9,13,21H,3-5,10-12,14H2,1-2H3;1H. The molecule has 1 aromatic carbocycles. The number of rotatable bonds is 10. The predicted octanol–water partition coefficient (Wildman–Crippen LogP) is 5.63. The van der Waals surface area contributed by atoms with E-state index >= 15 is 0 Å². The van der Waals surface area contributed by atoms with Crippen molar-refractivity contribution in [1.82, 2.24) is 5.32 Å². The zero-order valence-corrected chi connectivity index (χ0v) is 16.0. The van der Waals surface area contributed by atoms with Gasteiger partial charge in [0.25, 0.3) is 0 Å². The highest BCUT2D eigenvalue weighted by molar-refractivity contribution is 6.31. The van der Waals surface area contributed by atoms with Crippen LogP contribution in [0.1, 0.15) is 37.5 Å². The maximum absolute atomic E-state index is 6.17. The fourth-order valence-electron chi connectivity index (χ4n) is 2.23. The van der Waals surface area contributed by atoms with Crippen molar-refractivity contribution in [3.63, 3.8) is 0 Å². The summed E-state index contributed by atoms with van der Waals surface area (Å²) in [6, 6.07) is 9.99. The van der Waals surface area contributed by atoms with Crippen LogP contribution >= 0.6 is 24.0 Å². The Kier molecular flexibility index (Phi) is 10.1. The van der Waals surface area contributed by atoms with E-state index in [1.807, 2.05) is 37.3 Å². The van der Waals surface area contributed by atoms with Gasteiger partial charge in [0.2, 0.25) is 0 Å². The third-order valence-corrected chi connectivity index (χ3v) is 4.11. The largest absolute Gasteiger partial charge is 0.460 e. The average Bonchev–Trinajstić information content (AvgIpc) is 3.01. The molecule has 2 rings (SSSR count). The summed E-state index contributed by atoms with van der Waals surface area (Å²) >= 11 is 6.17.